The van der Waals surface area contributed by atoms with Crippen molar-refractivity contribution in [3.8, 4) is 0 Å². The molecule has 1 aromatic rings. The van der Waals surface area contributed by atoms with Crippen molar-refractivity contribution in [2.45, 2.75) is 17.7 Å². The van der Waals surface area contributed by atoms with E-state index < -0.39 is 10.0 Å². The van der Waals surface area contributed by atoms with Gasteiger partial charge in [-0.15, -0.1) is 0 Å². The molecule has 0 radical (unpaired) electrons. The highest BCUT2D eigenvalue weighted by Crippen LogP contribution is 2.19. The average Bonchev–Trinajstić information content (AvgIpc) is 2.62. The molecule has 2 rings (SSSR count). The summed E-state index contributed by atoms with van der Waals surface area (Å²) in [5.74, 6) is -0.461. The van der Waals surface area contributed by atoms with Gasteiger partial charge < -0.3 is 10.1 Å². The Morgan fingerprint density at radius 2 is 1.77 bits per heavy atom. The third-order valence-corrected chi connectivity index (χ3v) is 6.24. The highest BCUT2D eigenvalue weighted by molar-refractivity contribution is 7.89. The van der Waals surface area contributed by atoms with Crippen LogP contribution in [0.4, 0.5) is 5.69 Å². The van der Waals surface area contributed by atoms with Crippen molar-refractivity contribution in [2.24, 2.45) is 5.92 Å². The van der Waals surface area contributed by atoms with E-state index in [9.17, 15) is 18.0 Å². The molecule has 1 aromatic carbocycles. The molecule has 1 aliphatic heterocycles. The lowest BCUT2D eigenvalue weighted by Gasteiger charge is -2.29. The van der Waals surface area contributed by atoms with Crippen LogP contribution in [0, 0.1) is 5.92 Å². The fourth-order valence-electron chi connectivity index (χ4n) is 2.82. The number of nitrogens with one attached hydrogen (secondary N) is 1. The Bertz CT molecular complexity index is 738. The summed E-state index contributed by atoms with van der Waals surface area (Å²) < 4.78 is 29.9. The van der Waals surface area contributed by atoms with Gasteiger partial charge in [-0.25, -0.2) is 12.7 Å². The van der Waals surface area contributed by atoms with Gasteiger partial charge in [0.25, 0.3) is 0 Å². The highest BCUT2D eigenvalue weighted by Gasteiger charge is 2.26. The molecule has 1 N–H and O–H groups in total. The van der Waals surface area contributed by atoms with E-state index in [0.717, 1.165) is 4.31 Å². The van der Waals surface area contributed by atoms with Crippen LogP contribution in [0.1, 0.15) is 12.8 Å². The van der Waals surface area contributed by atoms with Crippen LogP contribution >= 0.6 is 0 Å². The number of ether oxygens (including phenoxy) is 1. The topological polar surface area (TPSA) is 96.0 Å². The first kappa shape index (κ1) is 20.3. The molecule has 1 amide bonds. The molecule has 1 fully saturated rings. The summed E-state index contributed by atoms with van der Waals surface area (Å²) in [7, 11) is 0.835. The van der Waals surface area contributed by atoms with E-state index in [1.807, 2.05) is 4.90 Å². The number of piperidine rings is 1. The second kappa shape index (κ2) is 8.61. The number of hydrogen-bond acceptors (Lipinski definition) is 6. The molecule has 0 saturated carbocycles. The average molecular weight is 383 g/mol. The van der Waals surface area contributed by atoms with Crippen molar-refractivity contribution in [2.75, 3.05) is 46.2 Å². The summed E-state index contributed by atoms with van der Waals surface area (Å²) in [6.07, 6.45) is 1.36. The Morgan fingerprint density at radius 3 is 2.27 bits per heavy atom. The van der Waals surface area contributed by atoms with Gasteiger partial charge in [-0.3, -0.25) is 14.5 Å². The minimum Gasteiger partial charge on any atom is -0.469 e. The Hall–Kier alpha value is -1.97. The zero-order valence-electron chi connectivity index (χ0n) is 15.3. The van der Waals surface area contributed by atoms with Crippen LogP contribution in [-0.2, 0) is 24.3 Å². The van der Waals surface area contributed by atoms with Crippen molar-refractivity contribution >= 4 is 27.6 Å². The summed E-state index contributed by atoms with van der Waals surface area (Å²) in [6, 6.07) is 6.06. The molecular formula is C17H25N3O5S. The second-order valence-corrected chi connectivity index (χ2v) is 8.59. The number of esters is 1. The SMILES string of the molecule is COC(=O)C1CCN(CC(=O)Nc2ccc(S(=O)(=O)N(C)C)cc2)CC1. The number of rotatable bonds is 6. The molecule has 0 aliphatic carbocycles. The van der Waals surface area contributed by atoms with E-state index >= 15 is 0 Å². The molecule has 9 heteroatoms. The minimum atomic E-state index is -3.48. The molecule has 0 bridgehead atoms. The van der Waals surface area contributed by atoms with Crippen LogP contribution in [-0.4, -0.2) is 70.3 Å². The normalized spacial score (nSPS) is 16.5. The first-order chi connectivity index (χ1) is 12.2. The Labute approximate surface area is 154 Å². The Kier molecular flexibility index (Phi) is 6.74. The van der Waals surface area contributed by atoms with Gasteiger partial charge in [0.05, 0.1) is 24.5 Å². The van der Waals surface area contributed by atoms with Gasteiger partial charge >= 0.3 is 5.97 Å². The van der Waals surface area contributed by atoms with E-state index in [1.54, 1.807) is 12.1 Å². The number of sulfonamides is 1. The largest absolute Gasteiger partial charge is 0.469 e. The molecule has 1 heterocycles. The number of hydrogen-bond donors (Lipinski definition) is 1. The zero-order chi connectivity index (χ0) is 19.3. The number of likely N-dealkylation sites (tertiary alicyclic amines) is 1. The van der Waals surface area contributed by atoms with E-state index in [2.05, 4.69) is 5.32 Å². The molecule has 1 saturated heterocycles. The van der Waals surface area contributed by atoms with Gasteiger partial charge in [0, 0.05) is 19.8 Å². The maximum atomic E-state index is 12.2. The molecule has 1 aliphatic rings. The Balaban J connectivity index is 1.86. The standard InChI is InChI=1S/C17H25N3O5S/c1-19(2)26(23,24)15-6-4-14(5-7-15)18-16(21)12-20-10-8-13(9-11-20)17(22)25-3/h4-7,13H,8-12H2,1-3H3,(H,18,21). The molecule has 8 nitrogen and oxygen atoms in total. The lowest BCUT2D eigenvalue weighted by Crippen LogP contribution is -2.41. The van der Waals surface area contributed by atoms with Gasteiger partial charge in [0.15, 0.2) is 0 Å². The van der Waals surface area contributed by atoms with E-state index in [-0.39, 0.29) is 29.2 Å². The first-order valence-corrected chi connectivity index (χ1v) is 9.80. The number of carbonyl (C=O) groups is 2. The van der Waals surface area contributed by atoms with Crippen LogP contribution in [0.25, 0.3) is 0 Å². The number of benzene rings is 1. The van der Waals surface area contributed by atoms with Crippen LogP contribution in [0.2, 0.25) is 0 Å². The quantitative estimate of drug-likeness (QED) is 0.729. The fraction of sp³-hybridized carbons (Fsp3) is 0.529. The van der Waals surface area contributed by atoms with Crippen LogP contribution in [0.15, 0.2) is 29.2 Å². The van der Waals surface area contributed by atoms with Gasteiger partial charge in [-0.2, -0.15) is 0 Å². The van der Waals surface area contributed by atoms with Crippen LogP contribution in [0.3, 0.4) is 0 Å². The van der Waals surface area contributed by atoms with E-state index in [0.29, 0.717) is 31.6 Å². The van der Waals surface area contributed by atoms with Crippen molar-refractivity contribution in [1.82, 2.24) is 9.21 Å². The number of nitrogens with zero attached hydrogens (tertiary/aromatic N) is 2. The predicted molar refractivity (Wildman–Crippen MR) is 97.1 cm³/mol. The maximum Gasteiger partial charge on any atom is 0.308 e. The number of methoxy groups -OCH3 is 1. The third kappa shape index (κ3) is 5.03. The van der Waals surface area contributed by atoms with Crippen molar-refractivity contribution in [1.29, 1.82) is 0 Å². The smallest absolute Gasteiger partial charge is 0.308 e. The van der Waals surface area contributed by atoms with Gasteiger partial charge in [0.1, 0.15) is 0 Å². The summed E-state index contributed by atoms with van der Waals surface area (Å²) in [6.45, 7) is 1.55. The summed E-state index contributed by atoms with van der Waals surface area (Å²) in [5, 5.41) is 2.76. The Morgan fingerprint density at radius 1 is 1.19 bits per heavy atom. The molecule has 26 heavy (non-hydrogen) atoms. The number of amides is 1. The van der Waals surface area contributed by atoms with Crippen molar-refractivity contribution in [3.05, 3.63) is 24.3 Å². The monoisotopic (exact) mass is 383 g/mol. The van der Waals surface area contributed by atoms with Gasteiger partial charge in [-0.05, 0) is 50.2 Å². The van der Waals surface area contributed by atoms with Crippen molar-refractivity contribution < 1.29 is 22.7 Å². The van der Waals surface area contributed by atoms with Crippen LogP contribution < -0.4 is 5.32 Å². The lowest BCUT2D eigenvalue weighted by atomic mass is 9.97. The lowest BCUT2D eigenvalue weighted by molar-refractivity contribution is -0.147. The summed E-state index contributed by atoms with van der Waals surface area (Å²) in [4.78, 5) is 25.8. The molecule has 0 atom stereocenters. The highest BCUT2D eigenvalue weighted by atomic mass is 32.2. The molecule has 0 spiro atoms. The van der Waals surface area contributed by atoms with Crippen molar-refractivity contribution in [3.63, 3.8) is 0 Å². The fourth-order valence-corrected chi connectivity index (χ4v) is 3.72. The maximum absolute atomic E-state index is 12.2. The van der Waals surface area contributed by atoms with Gasteiger partial charge in [0.2, 0.25) is 15.9 Å². The second-order valence-electron chi connectivity index (χ2n) is 6.43. The number of anilines is 1. The predicted octanol–water partition coefficient (Wildman–Crippen LogP) is 0.760. The number of carbonyl (C=O) groups excluding carboxylic acids is 2. The molecular weight excluding hydrogens is 358 g/mol. The van der Waals surface area contributed by atoms with Gasteiger partial charge in [-0.1, -0.05) is 0 Å². The zero-order valence-corrected chi connectivity index (χ0v) is 16.1. The molecule has 0 unspecified atom stereocenters. The first-order valence-electron chi connectivity index (χ1n) is 8.36. The summed E-state index contributed by atoms with van der Waals surface area (Å²) >= 11 is 0. The van der Waals surface area contributed by atoms with Crippen LogP contribution in [0.5, 0.6) is 0 Å². The molecule has 144 valence electrons. The molecule has 0 aromatic heterocycles. The van der Waals surface area contributed by atoms with E-state index in [1.165, 1.54) is 33.3 Å². The summed E-state index contributed by atoms with van der Waals surface area (Å²) in [5.41, 5.74) is 0.539. The minimum absolute atomic E-state index is 0.0921. The third-order valence-electron chi connectivity index (χ3n) is 4.41. The van der Waals surface area contributed by atoms with E-state index in [4.69, 9.17) is 4.74 Å².